The Balaban J connectivity index is 1.58. The lowest BCUT2D eigenvalue weighted by Crippen LogP contribution is -2.43. The van der Waals surface area contributed by atoms with Gasteiger partial charge in [0.05, 0.1) is 6.04 Å². The maximum Gasteiger partial charge on any atom is 0.253 e. The van der Waals surface area contributed by atoms with Crippen LogP contribution in [-0.2, 0) is 4.79 Å². The molecule has 0 aliphatic carbocycles. The van der Waals surface area contributed by atoms with E-state index in [1.165, 1.54) is 0 Å². The van der Waals surface area contributed by atoms with E-state index in [9.17, 15) is 9.59 Å². The van der Waals surface area contributed by atoms with Crippen molar-refractivity contribution in [3.63, 3.8) is 0 Å². The van der Waals surface area contributed by atoms with Crippen LogP contribution in [0.2, 0.25) is 0 Å². The number of piperidine rings is 1. The summed E-state index contributed by atoms with van der Waals surface area (Å²) in [5.41, 5.74) is 1.44. The fourth-order valence-corrected chi connectivity index (χ4v) is 3.10. The Morgan fingerprint density at radius 1 is 1.05 bits per heavy atom. The maximum atomic E-state index is 12.3. The van der Waals surface area contributed by atoms with Crippen LogP contribution in [0.4, 0.5) is 5.69 Å². The summed E-state index contributed by atoms with van der Waals surface area (Å²) in [7, 11) is 0. The lowest BCUT2D eigenvalue weighted by molar-refractivity contribution is -0.118. The summed E-state index contributed by atoms with van der Waals surface area (Å²) in [5.74, 6) is 0.0997. The third-order valence-corrected chi connectivity index (χ3v) is 4.42. The fourth-order valence-electron chi connectivity index (χ4n) is 3.10. The van der Waals surface area contributed by atoms with Crippen molar-refractivity contribution in [2.45, 2.75) is 38.1 Å². The average molecular weight is 301 g/mol. The molecule has 1 atom stereocenters. The number of hydrogen-bond donors (Lipinski definition) is 2. The van der Waals surface area contributed by atoms with E-state index in [4.69, 9.17) is 0 Å². The van der Waals surface area contributed by atoms with Crippen LogP contribution in [0, 0.1) is 0 Å². The van der Waals surface area contributed by atoms with Gasteiger partial charge in [-0.3, -0.25) is 9.59 Å². The molecule has 2 heterocycles. The minimum atomic E-state index is -0.0975. The van der Waals surface area contributed by atoms with Gasteiger partial charge in [-0.05, 0) is 56.5 Å². The number of benzene rings is 1. The topological polar surface area (TPSA) is 61.4 Å². The van der Waals surface area contributed by atoms with Gasteiger partial charge in [0.25, 0.3) is 5.91 Å². The lowest BCUT2D eigenvalue weighted by Gasteiger charge is -2.22. The predicted molar refractivity (Wildman–Crippen MR) is 85.9 cm³/mol. The van der Waals surface area contributed by atoms with E-state index in [1.807, 2.05) is 17.0 Å². The van der Waals surface area contributed by atoms with Crippen molar-refractivity contribution in [2.75, 3.05) is 25.0 Å². The molecule has 0 spiro atoms. The lowest BCUT2D eigenvalue weighted by atomic mass is 10.0. The van der Waals surface area contributed by atoms with Gasteiger partial charge >= 0.3 is 0 Å². The average Bonchev–Trinajstić information content (AvgIpc) is 3.10. The first-order chi connectivity index (χ1) is 10.7. The standard InChI is InChI=1S/C17H23N3O2/c21-16(15-5-1-2-10-18-15)19-14-8-6-13(7-9-14)17(22)20-11-3-4-12-20/h6-9,15,18H,1-5,10-12H2,(H,19,21)/t15-/m1/s1. The molecule has 3 rings (SSSR count). The van der Waals surface area contributed by atoms with Crippen LogP contribution in [0.3, 0.4) is 0 Å². The van der Waals surface area contributed by atoms with Gasteiger partial charge in [0.2, 0.25) is 5.91 Å². The summed E-state index contributed by atoms with van der Waals surface area (Å²) < 4.78 is 0. The Labute approximate surface area is 131 Å². The third-order valence-electron chi connectivity index (χ3n) is 4.42. The van der Waals surface area contributed by atoms with Gasteiger partial charge in [-0.2, -0.15) is 0 Å². The van der Waals surface area contributed by atoms with Gasteiger partial charge in [0, 0.05) is 24.3 Å². The number of likely N-dealkylation sites (tertiary alicyclic amines) is 1. The summed E-state index contributed by atoms with van der Waals surface area (Å²) >= 11 is 0. The third kappa shape index (κ3) is 3.47. The highest BCUT2D eigenvalue weighted by atomic mass is 16.2. The van der Waals surface area contributed by atoms with Crippen LogP contribution in [-0.4, -0.2) is 42.4 Å². The molecule has 1 aromatic rings. The van der Waals surface area contributed by atoms with Gasteiger partial charge in [-0.15, -0.1) is 0 Å². The Morgan fingerprint density at radius 2 is 1.77 bits per heavy atom. The zero-order valence-corrected chi connectivity index (χ0v) is 12.8. The number of rotatable bonds is 3. The van der Waals surface area contributed by atoms with Crippen LogP contribution in [0.5, 0.6) is 0 Å². The van der Waals surface area contributed by atoms with Gasteiger partial charge in [0.1, 0.15) is 0 Å². The molecule has 2 aliphatic rings. The van der Waals surface area contributed by atoms with Crippen LogP contribution in [0.25, 0.3) is 0 Å². The Kier molecular flexibility index (Phi) is 4.73. The molecule has 0 saturated carbocycles. The van der Waals surface area contributed by atoms with E-state index in [-0.39, 0.29) is 17.9 Å². The van der Waals surface area contributed by atoms with Crippen LogP contribution in [0.1, 0.15) is 42.5 Å². The number of carbonyl (C=O) groups excluding carboxylic acids is 2. The summed E-state index contributed by atoms with van der Waals surface area (Å²) in [5, 5.41) is 6.15. The second-order valence-electron chi connectivity index (χ2n) is 6.07. The number of nitrogens with zero attached hydrogens (tertiary/aromatic N) is 1. The number of nitrogens with one attached hydrogen (secondary N) is 2. The Hall–Kier alpha value is -1.88. The molecule has 2 fully saturated rings. The summed E-state index contributed by atoms with van der Waals surface area (Å²) in [4.78, 5) is 26.3. The van der Waals surface area contributed by atoms with E-state index >= 15 is 0 Å². The first-order valence-electron chi connectivity index (χ1n) is 8.17. The van der Waals surface area contributed by atoms with Crippen LogP contribution in [0.15, 0.2) is 24.3 Å². The minimum Gasteiger partial charge on any atom is -0.339 e. The highest BCUT2D eigenvalue weighted by Gasteiger charge is 2.21. The van der Waals surface area contributed by atoms with E-state index < -0.39 is 0 Å². The predicted octanol–water partition coefficient (Wildman–Crippen LogP) is 2.00. The molecule has 118 valence electrons. The summed E-state index contributed by atoms with van der Waals surface area (Å²) in [6.07, 6.45) is 5.30. The molecule has 0 radical (unpaired) electrons. The van der Waals surface area contributed by atoms with Gasteiger partial charge < -0.3 is 15.5 Å². The van der Waals surface area contributed by atoms with Gasteiger partial charge in [-0.25, -0.2) is 0 Å². The van der Waals surface area contributed by atoms with Crippen molar-refractivity contribution < 1.29 is 9.59 Å². The largest absolute Gasteiger partial charge is 0.339 e. The first kappa shape index (κ1) is 15.0. The highest BCUT2D eigenvalue weighted by molar-refractivity contribution is 5.97. The van der Waals surface area contributed by atoms with Crippen molar-refractivity contribution in [1.29, 1.82) is 0 Å². The van der Waals surface area contributed by atoms with E-state index in [0.29, 0.717) is 5.56 Å². The normalized spacial score (nSPS) is 21.6. The monoisotopic (exact) mass is 301 g/mol. The molecule has 1 aromatic carbocycles. The van der Waals surface area contributed by atoms with Crippen molar-refractivity contribution >= 4 is 17.5 Å². The van der Waals surface area contributed by atoms with Crippen LogP contribution < -0.4 is 10.6 Å². The van der Waals surface area contributed by atoms with Crippen molar-refractivity contribution in [3.05, 3.63) is 29.8 Å². The zero-order chi connectivity index (χ0) is 15.4. The highest BCUT2D eigenvalue weighted by Crippen LogP contribution is 2.16. The molecule has 22 heavy (non-hydrogen) atoms. The van der Waals surface area contributed by atoms with Crippen molar-refractivity contribution in [2.24, 2.45) is 0 Å². The molecule has 5 heteroatoms. The summed E-state index contributed by atoms with van der Waals surface area (Å²) in [6, 6.07) is 7.11. The summed E-state index contributed by atoms with van der Waals surface area (Å²) in [6.45, 7) is 2.61. The molecule has 2 amide bonds. The van der Waals surface area contributed by atoms with Gasteiger partial charge in [0.15, 0.2) is 0 Å². The molecule has 5 nitrogen and oxygen atoms in total. The second-order valence-corrected chi connectivity index (χ2v) is 6.07. The molecule has 2 N–H and O–H groups in total. The van der Waals surface area contributed by atoms with Crippen molar-refractivity contribution in [3.8, 4) is 0 Å². The SMILES string of the molecule is O=C(Nc1ccc(C(=O)N2CCCC2)cc1)[C@H]1CCCCN1. The van der Waals surface area contributed by atoms with Gasteiger partial charge in [-0.1, -0.05) is 6.42 Å². The van der Waals surface area contributed by atoms with Crippen LogP contribution >= 0.6 is 0 Å². The molecule has 0 unspecified atom stereocenters. The van der Waals surface area contributed by atoms with E-state index in [1.54, 1.807) is 12.1 Å². The smallest absolute Gasteiger partial charge is 0.253 e. The molecule has 2 saturated heterocycles. The molecule has 2 aliphatic heterocycles. The molecule has 0 bridgehead atoms. The van der Waals surface area contributed by atoms with E-state index in [0.717, 1.165) is 57.4 Å². The fraction of sp³-hybridized carbons (Fsp3) is 0.529. The van der Waals surface area contributed by atoms with Crippen molar-refractivity contribution in [1.82, 2.24) is 10.2 Å². The zero-order valence-electron chi connectivity index (χ0n) is 12.8. The quantitative estimate of drug-likeness (QED) is 0.897. The first-order valence-corrected chi connectivity index (χ1v) is 8.17. The number of hydrogen-bond acceptors (Lipinski definition) is 3. The molecular formula is C17H23N3O2. The van der Waals surface area contributed by atoms with E-state index in [2.05, 4.69) is 10.6 Å². The molecule has 0 aromatic heterocycles. The number of carbonyl (C=O) groups is 2. The number of anilines is 1. The second kappa shape index (κ2) is 6.92. The number of amides is 2. The molecular weight excluding hydrogens is 278 g/mol. The Morgan fingerprint density at radius 3 is 2.41 bits per heavy atom. The Bertz CT molecular complexity index is 529. The minimum absolute atomic E-state index is 0.0123. The maximum absolute atomic E-state index is 12.3.